The molecule has 0 saturated heterocycles. The third-order valence-electron chi connectivity index (χ3n) is 0.836. The van der Waals surface area contributed by atoms with Crippen molar-refractivity contribution in [3.8, 4) is 0 Å². The molecule has 0 aliphatic heterocycles. The Bertz CT molecular complexity index is 169. The number of aromatic nitrogens is 1. The molecule has 0 fully saturated rings. The molecule has 0 N–H and O–H groups in total. The van der Waals surface area contributed by atoms with E-state index < -0.39 is 5.95 Å². The van der Waals surface area contributed by atoms with Crippen LogP contribution in [0.3, 0.4) is 0 Å². The molecule has 0 aliphatic carbocycles. The van der Waals surface area contributed by atoms with Crippen LogP contribution >= 0.6 is 0 Å². The molecule has 1 aromatic heterocycles. The molecule has 0 aromatic carbocycles. The van der Waals surface area contributed by atoms with Gasteiger partial charge in [0.1, 0.15) is 5.95 Å². The molecule has 0 saturated carbocycles. The second-order valence-corrected chi connectivity index (χ2v) is 1.45. The monoisotopic (exact) mass is 117 g/mol. The first kappa shape index (κ1) is 8.55. The van der Waals surface area contributed by atoms with Crippen molar-refractivity contribution in [1.82, 2.24) is 4.98 Å². The average Bonchev–Trinajstić information content (AvgIpc) is 1.77. The summed E-state index contributed by atoms with van der Waals surface area (Å²) in [6.45, 7) is 3.38. The van der Waals surface area contributed by atoms with Crippen LogP contribution in [0.15, 0.2) is 18.3 Å². The molecular formula is C6H5FLiN. The van der Waals surface area contributed by atoms with Gasteiger partial charge >= 0.3 is 18.9 Å². The summed E-state index contributed by atoms with van der Waals surface area (Å²) in [6.07, 6.45) is 1.39. The fraction of sp³-hybridized carbons (Fsp3) is 0. The molecule has 0 atom stereocenters. The fourth-order valence-corrected chi connectivity index (χ4v) is 0.419. The summed E-state index contributed by atoms with van der Waals surface area (Å²) in [6, 6.07) is 3.22. The third-order valence-corrected chi connectivity index (χ3v) is 0.836. The van der Waals surface area contributed by atoms with Crippen molar-refractivity contribution < 1.29 is 23.3 Å². The Labute approximate surface area is 65.5 Å². The zero-order valence-corrected chi connectivity index (χ0v) is 5.26. The summed E-state index contributed by atoms with van der Waals surface area (Å²) >= 11 is 0. The number of pyridine rings is 1. The van der Waals surface area contributed by atoms with E-state index in [1.165, 1.54) is 6.20 Å². The minimum Gasteiger partial charge on any atom is -0.293 e. The van der Waals surface area contributed by atoms with E-state index in [-0.39, 0.29) is 18.9 Å². The van der Waals surface area contributed by atoms with Gasteiger partial charge in [-0.05, 0) is 0 Å². The molecule has 0 bridgehead atoms. The molecule has 1 aromatic rings. The van der Waals surface area contributed by atoms with Gasteiger partial charge in [0.05, 0.1) is 0 Å². The summed E-state index contributed by atoms with van der Waals surface area (Å²) in [7, 11) is 0. The second kappa shape index (κ2) is 3.55. The Morgan fingerprint density at radius 1 is 1.56 bits per heavy atom. The van der Waals surface area contributed by atoms with Crippen molar-refractivity contribution in [1.29, 1.82) is 0 Å². The van der Waals surface area contributed by atoms with E-state index in [9.17, 15) is 4.39 Å². The molecule has 9 heavy (non-hydrogen) atoms. The van der Waals surface area contributed by atoms with Crippen molar-refractivity contribution in [3.05, 3.63) is 36.8 Å². The summed E-state index contributed by atoms with van der Waals surface area (Å²) in [5.41, 5.74) is 0.340. The Balaban J connectivity index is 0.000000640. The SMILES string of the molecule is [CH2-]c1cccnc1F.[Li+]. The van der Waals surface area contributed by atoms with Crippen LogP contribution in [-0.2, 0) is 0 Å². The normalized spacial score (nSPS) is 8.11. The van der Waals surface area contributed by atoms with Gasteiger partial charge in [0.2, 0.25) is 0 Å². The van der Waals surface area contributed by atoms with Gasteiger partial charge in [-0.3, -0.25) is 9.37 Å². The number of rotatable bonds is 0. The van der Waals surface area contributed by atoms with Gasteiger partial charge < -0.3 is 0 Å². The smallest absolute Gasteiger partial charge is 0.293 e. The van der Waals surface area contributed by atoms with Gasteiger partial charge in [0.15, 0.2) is 0 Å². The number of hydrogen-bond acceptors (Lipinski definition) is 1. The summed E-state index contributed by atoms with van der Waals surface area (Å²) in [4.78, 5) is 3.35. The van der Waals surface area contributed by atoms with E-state index >= 15 is 0 Å². The number of nitrogens with zero attached hydrogens (tertiary/aromatic N) is 1. The third kappa shape index (κ3) is 2.09. The number of halogens is 1. The molecule has 0 unspecified atom stereocenters. The average molecular weight is 117 g/mol. The van der Waals surface area contributed by atoms with Crippen molar-refractivity contribution >= 4 is 0 Å². The quantitative estimate of drug-likeness (QED) is 0.227. The molecule has 0 spiro atoms. The van der Waals surface area contributed by atoms with Gasteiger partial charge in [-0.15, -0.1) is 11.6 Å². The molecule has 1 heterocycles. The van der Waals surface area contributed by atoms with Gasteiger partial charge in [-0.25, -0.2) is 0 Å². The predicted octanol–water partition coefficient (Wildman–Crippen LogP) is -1.59. The first-order valence-corrected chi connectivity index (χ1v) is 2.23. The largest absolute Gasteiger partial charge is 1.00 e. The van der Waals surface area contributed by atoms with E-state index in [1.807, 2.05) is 0 Å². The van der Waals surface area contributed by atoms with Crippen LogP contribution in [0.5, 0.6) is 0 Å². The maximum absolute atomic E-state index is 12.1. The van der Waals surface area contributed by atoms with E-state index in [0.29, 0.717) is 5.56 Å². The van der Waals surface area contributed by atoms with Crippen molar-refractivity contribution in [2.45, 2.75) is 0 Å². The standard InChI is InChI=1S/C6H5FN.Li/c1-5-3-2-4-8-6(5)7;/h2-4H,1H2;/q-1;+1. The molecule has 42 valence electrons. The number of hydrogen-bond donors (Lipinski definition) is 0. The minimum absolute atomic E-state index is 0. The maximum atomic E-state index is 12.1. The van der Waals surface area contributed by atoms with Gasteiger partial charge in [-0.1, -0.05) is 0 Å². The van der Waals surface area contributed by atoms with Crippen LogP contribution < -0.4 is 18.9 Å². The van der Waals surface area contributed by atoms with Crippen molar-refractivity contribution in [3.63, 3.8) is 0 Å². The Morgan fingerprint density at radius 3 is 2.56 bits per heavy atom. The van der Waals surface area contributed by atoms with E-state index in [2.05, 4.69) is 11.9 Å². The molecule has 1 nitrogen and oxygen atoms in total. The summed E-state index contributed by atoms with van der Waals surface area (Å²) < 4.78 is 12.1. The van der Waals surface area contributed by atoms with Gasteiger partial charge in [0, 0.05) is 6.20 Å². The minimum atomic E-state index is -0.493. The summed E-state index contributed by atoms with van der Waals surface area (Å²) in [5.74, 6) is -0.493. The van der Waals surface area contributed by atoms with Crippen molar-refractivity contribution in [2.24, 2.45) is 0 Å². The zero-order chi connectivity index (χ0) is 5.98. The molecule has 1 rings (SSSR count). The molecule has 3 heteroatoms. The van der Waals surface area contributed by atoms with Gasteiger partial charge in [0.25, 0.3) is 0 Å². The zero-order valence-electron chi connectivity index (χ0n) is 5.26. The predicted molar refractivity (Wildman–Crippen MR) is 28.7 cm³/mol. The van der Waals surface area contributed by atoms with Crippen LogP contribution in [0.2, 0.25) is 0 Å². The first-order chi connectivity index (χ1) is 3.80. The first-order valence-electron chi connectivity index (χ1n) is 2.23. The van der Waals surface area contributed by atoms with Crippen LogP contribution in [0.1, 0.15) is 5.56 Å². The Morgan fingerprint density at radius 2 is 2.22 bits per heavy atom. The summed E-state index contributed by atoms with van der Waals surface area (Å²) in [5, 5.41) is 0. The van der Waals surface area contributed by atoms with Gasteiger partial charge in [-0.2, -0.15) is 13.0 Å². The van der Waals surface area contributed by atoms with Crippen molar-refractivity contribution in [2.75, 3.05) is 0 Å². The Kier molecular flexibility index (Phi) is 3.37. The Hall–Kier alpha value is -0.453. The van der Waals surface area contributed by atoms with E-state index in [4.69, 9.17) is 0 Å². The van der Waals surface area contributed by atoms with Crippen LogP contribution in [0, 0.1) is 12.9 Å². The van der Waals surface area contributed by atoms with Crippen LogP contribution in [0.4, 0.5) is 4.39 Å². The fourth-order valence-electron chi connectivity index (χ4n) is 0.419. The molecule has 0 aliphatic rings. The molecule has 0 amide bonds. The van der Waals surface area contributed by atoms with Crippen LogP contribution in [-0.4, -0.2) is 4.98 Å². The maximum Gasteiger partial charge on any atom is 1.00 e. The van der Waals surface area contributed by atoms with E-state index in [1.54, 1.807) is 12.1 Å². The second-order valence-electron chi connectivity index (χ2n) is 1.45. The molecule has 0 radical (unpaired) electrons. The molecular weight excluding hydrogens is 112 g/mol. The van der Waals surface area contributed by atoms with E-state index in [0.717, 1.165) is 0 Å². The topological polar surface area (TPSA) is 12.9 Å². The van der Waals surface area contributed by atoms with Crippen LogP contribution in [0.25, 0.3) is 0 Å².